The summed E-state index contributed by atoms with van der Waals surface area (Å²) in [5.41, 5.74) is 0. The minimum Gasteiger partial charge on any atom is -0.550 e. The number of carboxylic acid groups (broad SMARTS) is 1. The first-order chi connectivity index (χ1) is 12.7. The normalized spacial score (nSPS) is 10.2. The second kappa shape index (κ2) is 19.9. The van der Waals surface area contributed by atoms with E-state index in [0.717, 1.165) is 0 Å². The van der Waals surface area contributed by atoms with Crippen LogP contribution in [0.25, 0.3) is 0 Å². The summed E-state index contributed by atoms with van der Waals surface area (Å²) in [5.74, 6) is -1.01. The Balaban J connectivity index is 0.000000660. The van der Waals surface area contributed by atoms with Crippen LogP contribution in [0.15, 0.2) is 30.6 Å². The van der Waals surface area contributed by atoms with Crippen molar-refractivity contribution in [3.63, 3.8) is 0 Å². The topological polar surface area (TPSA) is 53.2 Å². The van der Waals surface area contributed by atoms with E-state index < -0.39 is 5.97 Å². The number of hydrogen-bond acceptors (Lipinski definition) is 3. The van der Waals surface area contributed by atoms with Crippen molar-refractivity contribution in [2.75, 3.05) is 13.7 Å². The number of methoxy groups -OCH3 is 1. The molecule has 0 aromatic carbocycles. The Morgan fingerprint density at radius 1 is 0.846 bits per heavy atom. The molecule has 1 aromatic rings. The molecule has 0 aliphatic rings. The Hall–Kier alpha value is -1.42. The standard InChI is InChI=1S/C17H30N.C5H10O3/c1-2-3-4-5-6-7-8-9-10-12-15-18-16-13-11-14-17-18;1-8-4-2-3-5(6)7/h11,13-14,16-17H,2-10,12,15H2,1H3;2-4H2,1H3,(H,6,7)/q+1;/p-1. The molecule has 0 radical (unpaired) electrons. The largest absolute Gasteiger partial charge is 0.550 e. The molecule has 4 nitrogen and oxygen atoms in total. The Bertz CT molecular complexity index is 409. The van der Waals surface area contributed by atoms with Crippen molar-refractivity contribution in [2.24, 2.45) is 0 Å². The summed E-state index contributed by atoms with van der Waals surface area (Å²) in [7, 11) is 1.54. The maximum atomic E-state index is 9.71. The molecule has 0 fully saturated rings. The molecule has 26 heavy (non-hydrogen) atoms. The van der Waals surface area contributed by atoms with Crippen molar-refractivity contribution >= 4 is 5.97 Å². The lowest BCUT2D eigenvalue weighted by Gasteiger charge is -2.01. The molecule has 0 unspecified atom stereocenters. The quantitative estimate of drug-likeness (QED) is 0.348. The number of aliphatic carboxylic acids is 1. The van der Waals surface area contributed by atoms with Gasteiger partial charge in [-0.3, -0.25) is 0 Å². The van der Waals surface area contributed by atoms with Crippen LogP contribution in [0.3, 0.4) is 0 Å². The average molecular weight is 366 g/mol. The molecule has 0 aliphatic carbocycles. The van der Waals surface area contributed by atoms with Gasteiger partial charge in [0.15, 0.2) is 12.4 Å². The van der Waals surface area contributed by atoms with Crippen LogP contribution in [0, 0.1) is 0 Å². The zero-order valence-corrected chi connectivity index (χ0v) is 17.0. The highest BCUT2D eigenvalue weighted by Gasteiger charge is 1.97. The van der Waals surface area contributed by atoms with Gasteiger partial charge in [-0.2, -0.15) is 0 Å². The van der Waals surface area contributed by atoms with Gasteiger partial charge in [0, 0.05) is 38.2 Å². The van der Waals surface area contributed by atoms with Gasteiger partial charge in [0.2, 0.25) is 0 Å². The van der Waals surface area contributed by atoms with Crippen molar-refractivity contribution < 1.29 is 19.2 Å². The molecule has 1 aromatic heterocycles. The number of hydrogen-bond donors (Lipinski definition) is 0. The lowest BCUT2D eigenvalue weighted by atomic mass is 10.1. The van der Waals surface area contributed by atoms with Crippen LogP contribution in [-0.4, -0.2) is 19.7 Å². The number of carboxylic acids is 1. The van der Waals surface area contributed by atoms with E-state index in [1.165, 1.54) is 77.9 Å². The summed E-state index contributed by atoms with van der Waals surface area (Å²) in [4.78, 5) is 9.71. The number of carbonyl (C=O) groups is 1. The summed E-state index contributed by atoms with van der Waals surface area (Å²) in [6.07, 6.45) is 19.1. The highest BCUT2D eigenvalue weighted by molar-refractivity contribution is 5.64. The molecule has 0 spiro atoms. The van der Waals surface area contributed by atoms with Crippen LogP contribution in [0.2, 0.25) is 0 Å². The summed E-state index contributed by atoms with van der Waals surface area (Å²) < 4.78 is 6.88. The van der Waals surface area contributed by atoms with E-state index in [1.54, 1.807) is 0 Å². The fourth-order valence-electron chi connectivity index (χ4n) is 2.73. The maximum absolute atomic E-state index is 9.71. The Morgan fingerprint density at radius 2 is 1.38 bits per heavy atom. The third-order valence-electron chi connectivity index (χ3n) is 4.28. The van der Waals surface area contributed by atoms with E-state index in [-0.39, 0.29) is 6.42 Å². The van der Waals surface area contributed by atoms with Crippen molar-refractivity contribution in [2.45, 2.75) is 90.5 Å². The van der Waals surface area contributed by atoms with Crippen LogP contribution in [0.1, 0.15) is 84.0 Å². The van der Waals surface area contributed by atoms with Crippen molar-refractivity contribution in [3.8, 4) is 0 Å². The van der Waals surface area contributed by atoms with Gasteiger partial charge in [-0.25, -0.2) is 4.57 Å². The SMILES string of the molecule is CCCCCCCCCCCC[n+]1ccccc1.COCCCC(=O)[O-]. The fraction of sp³-hybridized carbons (Fsp3) is 0.727. The van der Waals surface area contributed by atoms with Crippen molar-refractivity contribution in [1.82, 2.24) is 0 Å². The minimum absolute atomic E-state index is 0.0911. The maximum Gasteiger partial charge on any atom is 0.168 e. The number of carbonyl (C=O) groups excluding carboxylic acids is 1. The number of pyridine rings is 1. The molecular formula is C22H39NO3. The van der Waals surface area contributed by atoms with E-state index in [4.69, 9.17) is 0 Å². The van der Waals surface area contributed by atoms with Crippen molar-refractivity contribution in [1.29, 1.82) is 0 Å². The molecule has 0 saturated carbocycles. The minimum atomic E-state index is -1.01. The number of aromatic nitrogens is 1. The third-order valence-corrected chi connectivity index (χ3v) is 4.28. The average Bonchev–Trinajstić information content (AvgIpc) is 2.65. The van der Waals surface area contributed by atoms with Crippen LogP contribution in [-0.2, 0) is 16.1 Å². The molecule has 1 rings (SSSR count). The van der Waals surface area contributed by atoms with Crippen molar-refractivity contribution in [3.05, 3.63) is 30.6 Å². The van der Waals surface area contributed by atoms with E-state index in [9.17, 15) is 9.90 Å². The van der Waals surface area contributed by atoms with E-state index in [2.05, 4.69) is 46.8 Å². The highest BCUT2D eigenvalue weighted by Crippen LogP contribution is 2.10. The molecule has 0 aliphatic heterocycles. The van der Waals surface area contributed by atoms with Gasteiger partial charge < -0.3 is 14.6 Å². The molecule has 0 N–H and O–H groups in total. The van der Waals surface area contributed by atoms with Gasteiger partial charge in [-0.15, -0.1) is 0 Å². The summed E-state index contributed by atoms with van der Waals surface area (Å²) in [5, 5.41) is 9.71. The predicted molar refractivity (Wildman–Crippen MR) is 105 cm³/mol. The smallest absolute Gasteiger partial charge is 0.168 e. The first-order valence-electron chi connectivity index (χ1n) is 10.3. The summed E-state index contributed by atoms with van der Waals surface area (Å²) >= 11 is 0. The zero-order chi connectivity index (χ0) is 19.3. The number of unbranched alkanes of at least 4 members (excludes halogenated alkanes) is 9. The van der Waals surface area contributed by atoms with Crippen LogP contribution in [0.4, 0.5) is 0 Å². The van der Waals surface area contributed by atoms with Gasteiger partial charge in [0.05, 0.1) is 0 Å². The molecule has 0 atom stereocenters. The summed E-state index contributed by atoms with van der Waals surface area (Å²) in [6.45, 7) is 3.95. The molecule has 4 heteroatoms. The molecular weight excluding hydrogens is 326 g/mol. The van der Waals surface area contributed by atoms with Gasteiger partial charge in [-0.1, -0.05) is 64.4 Å². The molecule has 1 heterocycles. The third kappa shape index (κ3) is 18.9. The van der Waals surface area contributed by atoms with Gasteiger partial charge in [0.1, 0.15) is 6.54 Å². The number of aryl methyl sites for hydroxylation is 1. The fourth-order valence-corrected chi connectivity index (χ4v) is 2.73. The lowest BCUT2D eigenvalue weighted by molar-refractivity contribution is -0.697. The monoisotopic (exact) mass is 365 g/mol. The second-order valence-electron chi connectivity index (χ2n) is 6.76. The van der Waals surface area contributed by atoms with E-state index in [1.807, 2.05) is 0 Å². The number of nitrogens with zero attached hydrogens (tertiary/aromatic N) is 1. The zero-order valence-electron chi connectivity index (χ0n) is 17.0. The van der Waals surface area contributed by atoms with Crippen LogP contribution >= 0.6 is 0 Å². The van der Waals surface area contributed by atoms with Gasteiger partial charge in [0.25, 0.3) is 0 Å². The Kier molecular flexibility index (Phi) is 18.8. The number of rotatable bonds is 15. The molecule has 0 saturated heterocycles. The van der Waals surface area contributed by atoms with Gasteiger partial charge >= 0.3 is 0 Å². The molecule has 0 amide bonds. The Morgan fingerprint density at radius 3 is 1.88 bits per heavy atom. The molecule has 0 bridgehead atoms. The first-order valence-corrected chi connectivity index (χ1v) is 10.3. The second-order valence-corrected chi connectivity index (χ2v) is 6.76. The van der Waals surface area contributed by atoms with Gasteiger partial charge in [-0.05, 0) is 19.3 Å². The van der Waals surface area contributed by atoms with E-state index >= 15 is 0 Å². The predicted octanol–water partition coefficient (Wildman–Crippen LogP) is 4.06. The van der Waals surface area contributed by atoms with Crippen LogP contribution in [0.5, 0.6) is 0 Å². The highest BCUT2D eigenvalue weighted by atomic mass is 16.5. The van der Waals surface area contributed by atoms with E-state index in [0.29, 0.717) is 13.0 Å². The first kappa shape index (κ1) is 24.6. The van der Waals surface area contributed by atoms with Crippen LogP contribution < -0.4 is 9.67 Å². The molecule has 150 valence electrons. The summed E-state index contributed by atoms with van der Waals surface area (Å²) in [6, 6.07) is 6.29. The Labute approximate surface area is 160 Å². The number of ether oxygens (including phenoxy) is 1. The lowest BCUT2D eigenvalue weighted by Crippen LogP contribution is -2.32.